The monoisotopic (exact) mass is 249 g/mol. The molecule has 0 saturated heterocycles. The molecule has 1 aromatic heterocycles. The second kappa shape index (κ2) is 4.90. The Morgan fingerprint density at radius 3 is 2.65 bits per heavy atom. The third kappa shape index (κ3) is 2.35. The van der Waals surface area contributed by atoms with Gasteiger partial charge in [0.1, 0.15) is 0 Å². The third-order valence-corrected chi connectivity index (χ3v) is 3.22. The van der Waals surface area contributed by atoms with Crippen LogP contribution in [0.5, 0.6) is 0 Å². The summed E-state index contributed by atoms with van der Waals surface area (Å²) < 4.78 is 1.88. The van der Waals surface area contributed by atoms with Crippen LogP contribution in [0.25, 0.3) is 0 Å². The van der Waals surface area contributed by atoms with Gasteiger partial charge < -0.3 is 5.32 Å². The highest BCUT2D eigenvalue weighted by Gasteiger charge is 2.17. The van der Waals surface area contributed by atoms with Gasteiger partial charge in [0.05, 0.1) is 11.7 Å². The molecule has 1 atom stereocenters. The van der Waals surface area contributed by atoms with Gasteiger partial charge in [-0.1, -0.05) is 17.7 Å². The van der Waals surface area contributed by atoms with Crippen molar-refractivity contribution in [2.75, 3.05) is 7.05 Å². The Morgan fingerprint density at radius 1 is 1.35 bits per heavy atom. The fourth-order valence-corrected chi connectivity index (χ4v) is 2.32. The smallest absolute Gasteiger partial charge is 0.0748 e. The molecule has 1 N–H and O–H groups in total. The predicted octanol–water partition coefficient (Wildman–Crippen LogP) is 2.69. The van der Waals surface area contributed by atoms with Crippen LogP contribution in [0, 0.1) is 6.92 Å². The molecule has 0 bridgehead atoms. The summed E-state index contributed by atoms with van der Waals surface area (Å²) >= 11 is 5.98. The van der Waals surface area contributed by atoms with Crippen LogP contribution in [0.1, 0.15) is 22.9 Å². The zero-order valence-electron chi connectivity index (χ0n) is 10.2. The van der Waals surface area contributed by atoms with Gasteiger partial charge in [0.15, 0.2) is 0 Å². The van der Waals surface area contributed by atoms with E-state index in [4.69, 9.17) is 11.6 Å². The SMILES string of the molecule is CNC(c1ccc(Cl)cc1C)c1ccnn1C. The molecule has 1 heterocycles. The average molecular weight is 250 g/mol. The fourth-order valence-electron chi connectivity index (χ4n) is 2.09. The van der Waals surface area contributed by atoms with Gasteiger partial charge >= 0.3 is 0 Å². The molecule has 0 radical (unpaired) electrons. The highest BCUT2D eigenvalue weighted by molar-refractivity contribution is 6.30. The van der Waals surface area contributed by atoms with Crippen molar-refractivity contribution in [3.63, 3.8) is 0 Å². The quantitative estimate of drug-likeness (QED) is 0.907. The number of aryl methyl sites for hydroxylation is 2. The molecule has 1 unspecified atom stereocenters. The molecule has 0 saturated carbocycles. The Balaban J connectivity index is 2.46. The molecule has 2 aromatic rings. The van der Waals surface area contributed by atoms with Crippen LogP contribution in [0.15, 0.2) is 30.5 Å². The number of rotatable bonds is 3. The Morgan fingerprint density at radius 2 is 2.12 bits per heavy atom. The lowest BCUT2D eigenvalue weighted by molar-refractivity contribution is 0.604. The Labute approximate surface area is 106 Å². The molecular weight excluding hydrogens is 234 g/mol. The van der Waals surface area contributed by atoms with Crippen molar-refractivity contribution in [1.29, 1.82) is 0 Å². The summed E-state index contributed by atoms with van der Waals surface area (Å²) in [5.41, 5.74) is 3.54. The molecule has 17 heavy (non-hydrogen) atoms. The molecule has 4 heteroatoms. The van der Waals surface area contributed by atoms with Crippen molar-refractivity contribution in [3.05, 3.63) is 52.3 Å². The highest BCUT2D eigenvalue weighted by atomic mass is 35.5. The summed E-state index contributed by atoms with van der Waals surface area (Å²) in [5.74, 6) is 0. The van der Waals surface area contributed by atoms with Gasteiger partial charge in [-0.25, -0.2) is 0 Å². The molecule has 0 aliphatic carbocycles. The standard InChI is InChI=1S/C13H16ClN3/c1-9-8-10(14)4-5-11(9)13(15-2)12-6-7-16-17(12)3/h4-8,13,15H,1-3H3. The highest BCUT2D eigenvalue weighted by Crippen LogP contribution is 2.26. The van der Waals surface area contributed by atoms with Crippen molar-refractivity contribution in [2.24, 2.45) is 7.05 Å². The summed E-state index contributed by atoms with van der Waals surface area (Å²) in [6.07, 6.45) is 1.81. The first-order chi connectivity index (χ1) is 8.13. The van der Waals surface area contributed by atoms with E-state index in [9.17, 15) is 0 Å². The lowest BCUT2D eigenvalue weighted by Gasteiger charge is -2.19. The van der Waals surface area contributed by atoms with Gasteiger partial charge in [-0.3, -0.25) is 4.68 Å². The van der Waals surface area contributed by atoms with Crippen LogP contribution >= 0.6 is 11.6 Å². The number of nitrogens with one attached hydrogen (secondary N) is 1. The normalized spacial score (nSPS) is 12.7. The first kappa shape index (κ1) is 12.1. The molecule has 0 aliphatic rings. The predicted molar refractivity (Wildman–Crippen MR) is 70.3 cm³/mol. The molecule has 3 nitrogen and oxygen atoms in total. The van der Waals surface area contributed by atoms with Gasteiger partial charge in [-0.05, 0) is 43.3 Å². The number of benzene rings is 1. The van der Waals surface area contributed by atoms with Gasteiger partial charge in [0, 0.05) is 18.3 Å². The lowest BCUT2D eigenvalue weighted by Crippen LogP contribution is -2.21. The van der Waals surface area contributed by atoms with E-state index in [1.165, 1.54) is 11.1 Å². The maximum absolute atomic E-state index is 5.98. The molecule has 0 spiro atoms. The van der Waals surface area contributed by atoms with Crippen LogP contribution in [0.2, 0.25) is 5.02 Å². The topological polar surface area (TPSA) is 29.9 Å². The van der Waals surface area contributed by atoms with Crippen molar-refractivity contribution in [1.82, 2.24) is 15.1 Å². The lowest BCUT2D eigenvalue weighted by atomic mass is 9.99. The molecule has 0 amide bonds. The summed E-state index contributed by atoms with van der Waals surface area (Å²) in [6, 6.07) is 8.13. The largest absolute Gasteiger partial charge is 0.308 e. The van der Waals surface area contributed by atoms with Gasteiger partial charge in [-0.15, -0.1) is 0 Å². The Bertz CT molecular complexity index is 519. The van der Waals surface area contributed by atoms with Crippen molar-refractivity contribution < 1.29 is 0 Å². The minimum Gasteiger partial charge on any atom is -0.308 e. The maximum Gasteiger partial charge on any atom is 0.0748 e. The van der Waals surface area contributed by atoms with Crippen LogP contribution in [-0.2, 0) is 7.05 Å². The summed E-state index contributed by atoms with van der Waals surface area (Å²) in [6.45, 7) is 2.07. The molecule has 0 fully saturated rings. The number of halogens is 1. The van der Waals surface area contributed by atoms with Crippen LogP contribution in [0.3, 0.4) is 0 Å². The van der Waals surface area contributed by atoms with E-state index in [-0.39, 0.29) is 6.04 Å². The third-order valence-electron chi connectivity index (χ3n) is 2.99. The van der Waals surface area contributed by atoms with Crippen LogP contribution < -0.4 is 5.32 Å². The number of hydrogen-bond donors (Lipinski definition) is 1. The molecular formula is C13H16ClN3. The number of nitrogens with zero attached hydrogens (tertiary/aromatic N) is 2. The Kier molecular flexibility index (Phi) is 3.50. The van der Waals surface area contributed by atoms with Gasteiger partial charge in [0.2, 0.25) is 0 Å². The van der Waals surface area contributed by atoms with Crippen molar-refractivity contribution in [3.8, 4) is 0 Å². The van der Waals surface area contributed by atoms with E-state index in [2.05, 4.69) is 23.4 Å². The number of aromatic nitrogens is 2. The fraction of sp³-hybridized carbons (Fsp3) is 0.308. The first-order valence-corrected chi connectivity index (χ1v) is 5.92. The summed E-state index contributed by atoms with van der Waals surface area (Å²) in [5, 5.41) is 8.30. The van der Waals surface area contributed by atoms with E-state index < -0.39 is 0 Å². The van der Waals surface area contributed by atoms with E-state index >= 15 is 0 Å². The summed E-state index contributed by atoms with van der Waals surface area (Å²) in [7, 11) is 3.90. The Hall–Kier alpha value is -1.32. The van der Waals surface area contributed by atoms with E-state index in [0.29, 0.717) is 0 Å². The van der Waals surface area contributed by atoms with E-state index in [0.717, 1.165) is 10.7 Å². The molecule has 1 aromatic carbocycles. The minimum atomic E-state index is 0.139. The zero-order valence-corrected chi connectivity index (χ0v) is 11.0. The van der Waals surface area contributed by atoms with Crippen LogP contribution in [-0.4, -0.2) is 16.8 Å². The first-order valence-electron chi connectivity index (χ1n) is 5.54. The van der Waals surface area contributed by atoms with Crippen molar-refractivity contribution in [2.45, 2.75) is 13.0 Å². The second-order valence-electron chi connectivity index (χ2n) is 4.10. The second-order valence-corrected chi connectivity index (χ2v) is 4.54. The zero-order chi connectivity index (χ0) is 12.4. The summed E-state index contributed by atoms with van der Waals surface area (Å²) in [4.78, 5) is 0. The molecule has 90 valence electrons. The molecule has 0 aliphatic heterocycles. The van der Waals surface area contributed by atoms with Gasteiger partial charge in [0.25, 0.3) is 0 Å². The maximum atomic E-state index is 5.98. The molecule has 2 rings (SSSR count). The minimum absolute atomic E-state index is 0.139. The average Bonchev–Trinajstić information content (AvgIpc) is 2.69. The van der Waals surface area contributed by atoms with Crippen molar-refractivity contribution >= 4 is 11.6 Å². The van der Waals surface area contributed by atoms with Crippen LogP contribution in [0.4, 0.5) is 0 Å². The number of hydrogen-bond acceptors (Lipinski definition) is 2. The van der Waals surface area contributed by atoms with E-state index in [1.54, 1.807) is 0 Å². The van der Waals surface area contributed by atoms with Gasteiger partial charge in [-0.2, -0.15) is 5.10 Å². The van der Waals surface area contributed by atoms with E-state index in [1.807, 2.05) is 43.2 Å².